The average molecular weight is 557 g/mol. The highest BCUT2D eigenvalue weighted by molar-refractivity contribution is 6.21. The summed E-state index contributed by atoms with van der Waals surface area (Å²) < 4.78 is 23.0. The van der Waals surface area contributed by atoms with E-state index in [-0.39, 0.29) is 29.4 Å². The maximum absolute atomic E-state index is 15.7. The Kier molecular flexibility index (Phi) is 6.33. The Morgan fingerprint density at radius 3 is 2.29 bits per heavy atom. The van der Waals surface area contributed by atoms with Crippen LogP contribution in [-0.4, -0.2) is 59.1 Å². The predicted octanol–water partition coefficient (Wildman–Crippen LogP) is 4.25. The van der Waals surface area contributed by atoms with E-state index >= 15 is 4.39 Å². The third-order valence-corrected chi connectivity index (χ3v) is 7.99. The Morgan fingerprint density at radius 1 is 1.12 bits per heavy atom. The number of carboxylic acid groups (broad SMARTS) is 1. The summed E-state index contributed by atoms with van der Waals surface area (Å²) in [6, 6.07) is 7.63. The first kappa shape index (κ1) is 26.3. The van der Waals surface area contributed by atoms with Crippen molar-refractivity contribution in [3.05, 3.63) is 91.9 Å². The van der Waals surface area contributed by atoms with Crippen molar-refractivity contribution in [2.75, 3.05) is 31.6 Å². The van der Waals surface area contributed by atoms with Gasteiger partial charge in [0.1, 0.15) is 11.3 Å². The van der Waals surface area contributed by atoms with Crippen LogP contribution in [0.4, 0.5) is 10.1 Å². The lowest BCUT2D eigenvalue weighted by Gasteiger charge is -2.33. The summed E-state index contributed by atoms with van der Waals surface area (Å²) in [6.07, 6.45) is 3.71. The highest BCUT2D eigenvalue weighted by atomic mass is 19.1. The lowest BCUT2D eigenvalue weighted by molar-refractivity contribution is 0.0663. The van der Waals surface area contributed by atoms with Crippen molar-refractivity contribution >= 4 is 34.4 Å². The quantitative estimate of drug-likeness (QED) is 0.357. The van der Waals surface area contributed by atoms with Crippen LogP contribution < -0.4 is 15.1 Å². The molecule has 1 saturated carbocycles. The van der Waals surface area contributed by atoms with Crippen molar-refractivity contribution in [3.63, 3.8) is 0 Å². The molecular weight excluding hydrogens is 531 g/mol. The molecule has 0 radical (unpaired) electrons. The largest absolute Gasteiger partial charge is 0.492 e. The molecular formula is C30H25FN4O6. The fourth-order valence-corrected chi connectivity index (χ4v) is 5.77. The fourth-order valence-electron chi connectivity index (χ4n) is 5.77. The van der Waals surface area contributed by atoms with Gasteiger partial charge in [0.05, 0.1) is 42.3 Å². The Morgan fingerprint density at radius 2 is 1.76 bits per heavy atom. The van der Waals surface area contributed by atoms with Crippen LogP contribution in [0.2, 0.25) is 0 Å². The first-order chi connectivity index (χ1) is 19.7. The first-order valence-electron chi connectivity index (χ1n) is 13.2. The number of methoxy groups -OCH3 is 1. The van der Waals surface area contributed by atoms with Gasteiger partial charge in [0, 0.05) is 25.3 Å². The Labute approximate surface area is 233 Å². The third kappa shape index (κ3) is 4.23. The van der Waals surface area contributed by atoms with Crippen molar-refractivity contribution in [1.29, 1.82) is 0 Å². The Hall–Kier alpha value is -4.98. The lowest BCUT2D eigenvalue weighted by Crippen LogP contribution is -2.34. The summed E-state index contributed by atoms with van der Waals surface area (Å²) in [4.78, 5) is 56.8. The van der Waals surface area contributed by atoms with Crippen molar-refractivity contribution in [1.82, 2.24) is 9.47 Å². The van der Waals surface area contributed by atoms with E-state index < -0.39 is 34.6 Å². The molecule has 11 heteroatoms. The number of halogens is 1. The number of imide groups is 1. The number of nitrogens with zero attached hydrogens (tertiary/aromatic N) is 4. The molecule has 0 atom stereocenters. The number of aromatic nitrogens is 1. The van der Waals surface area contributed by atoms with E-state index in [2.05, 4.69) is 4.85 Å². The van der Waals surface area contributed by atoms with Gasteiger partial charge < -0.3 is 19.3 Å². The zero-order valence-electron chi connectivity index (χ0n) is 22.1. The zero-order valence-corrected chi connectivity index (χ0v) is 22.1. The molecule has 2 aromatic carbocycles. The normalized spacial score (nSPS) is 16.7. The van der Waals surface area contributed by atoms with Crippen molar-refractivity contribution < 1.29 is 28.6 Å². The second-order valence-corrected chi connectivity index (χ2v) is 10.3. The number of carboxylic acids is 1. The maximum atomic E-state index is 15.7. The molecule has 1 aliphatic carbocycles. The van der Waals surface area contributed by atoms with Gasteiger partial charge in [-0.15, -0.1) is 0 Å². The van der Waals surface area contributed by atoms with Crippen LogP contribution in [0, 0.1) is 12.4 Å². The fraction of sp³-hybridized carbons (Fsp3) is 0.300. The summed E-state index contributed by atoms with van der Waals surface area (Å²) in [5.41, 5.74) is 1.07. The van der Waals surface area contributed by atoms with Crippen molar-refractivity contribution in [3.8, 4) is 5.75 Å². The summed E-state index contributed by atoms with van der Waals surface area (Å²) in [6.45, 7) is 8.28. The van der Waals surface area contributed by atoms with Crippen LogP contribution in [0.3, 0.4) is 0 Å². The topological polar surface area (TPSA) is 114 Å². The summed E-state index contributed by atoms with van der Waals surface area (Å²) >= 11 is 0. The van der Waals surface area contributed by atoms with E-state index in [9.17, 15) is 24.3 Å². The van der Waals surface area contributed by atoms with Gasteiger partial charge in [0.2, 0.25) is 5.43 Å². The summed E-state index contributed by atoms with van der Waals surface area (Å²) in [5.74, 6) is -2.78. The number of hydrogen-bond acceptors (Lipinski definition) is 6. The lowest BCUT2D eigenvalue weighted by atomic mass is 9.99. The SMILES string of the molecule is [C-]#[N+]C(CN1C(=O)c2ccccc2C1=O)=C1CCN(c2c(F)cc3c(=O)c(C(=O)O)cn(C4CC4)c3c2OC)CC1. The molecule has 3 aromatic rings. The van der Waals surface area contributed by atoms with E-state index in [0.717, 1.165) is 29.4 Å². The molecule has 2 amide bonds. The van der Waals surface area contributed by atoms with Crippen LogP contribution in [0.1, 0.15) is 62.8 Å². The van der Waals surface area contributed by atoms with Gasteiger partial charge in [-0.3, -0.25) is 19.3 Å². The van der Waals surface area contributed by atoms with Crippen LogP contribution in [-0.2, 0) is 0 Å². The predicted molar refractivity (Wildman–Crippen MR) is 147 cm³/mol. The van der Waals surface area contributed by atoms with Crippen LogP contribution in [0.25, 0.3) is 15.7 Å². The van der Waals surface area contributed by atoms with Crippen molar-refractivity contribution in [2.24, 2.45) is 0 Å². The highest BCUT2D eigenvalue weighted by Crippen LogP contribution is 2.44. The minimum Gasteiger partial charge on any atom is -0.492 e. The molecule has 6 rings (SSSR count). The van der Waals surface area contributed by atoms with Gasteiger partial charge in [-0.1, -0.05) is 17.7 Å². The van der Waals surface area contributed by atoms with E-state index in [1.165, 1.54) is 13.3 Å². The molecule has 1 aromatic heterocycles. The number of rotatable bonds is 6. The molecule has 2 fully saturated rings. The monoisotopic (exact) mass is 556 g/mol. The second kappa shape index (κ2) is 9.89. The first-order valence-corrected chi connectivity index (χ1v) is 13.2. The van der Waals surface area contributed by atoms with Gasteiger partial charge in [-0.25, -0.2) is 14.0 Å². The standard InChI is InChI=1S/C30H25FN4O6/c1-32-23(15-35-28(37)18-5-3-4-6-19(18)29(35)38)16-9-11-33(12-10-16)25-22(31)13-20-24(27(25)41-2)34(17-7-8-17)14-21(26(20)36)30(39)40/h3-6,13-14,17H,7-12,15H2,2H3,(H,39,40). The van der Waals surface area contributed by atoms with E-state index in [1.807, 2.05) is 0 Å². The number of anilines is 1. The molecule has 10 nitrogen and oxygen atoms in total. The number of benzene rings is 2. The Balaban J connectivity index is 1.32. The van der Waals surface area contributed by atoms with E-state index in [0.29, 0.717) is 48.3 Å². The number of carbonyl (C=O) groups excluding carboxylic acids is 2. The van der Waals surface area contributed by atoms with Gasteiger partial charge in [0.15, 0.2) is 17.3 Å². The number of ether oxygens (including phenoxy) is 1. The van der Waals surface area contributed by atoms with Gasteiger partial charge in [-0.2, -0.15) is 0 Å². The molecule has 3 heterocycles. The molecule has 1 saturated heterocycles. The molecule has 2 aliphatic heterocycles. The molecule has 0 bridgehead atoms. The van der Waals surface area contributed by atoms with E-state index in [4.69, 9.17) is 11.3 Å². The van der Waals surface area contributed by atoms with Crippen LogP contribution in [0.15, 0.2) is 52.6 Å². The molecule has 41 heavy (non-hydrogen) atoms. The summed E-state index contributed by atoms with van der Waals surface area (Å²) in [7, 11) is 1.39. The van der Waals surface area contributed by atoms with Crippen molar-refractivity contribution in [2.45, 2.75) is 31.7 Å². The summed E-state index contributed by atoms with van der Waals surface area (Å²) in [5, 5.41) is 9.50. The number of fused-ring (bicyclic) bond motifs is 2. The van der Waals surface area contributed by atoms with Crippen LogP contribution >= 0.6 is 0 Å². The third-order valence-electron chi connectivity index (χ3n) is 7.99. The zero-order chi connectivity index (χ0) is 29.0. The minimum absolute atomic E-state index is 0.0114. The number of piperidine rings is 1. The smallest absolute Gasteiger partial charge is 0.341 e. The van der Waals surface area contributed by atoms with Gasteiger partial charge in [-0.05, 0) is 43.9 Å². The number of carbonyl (C=O) groups is 3. The Bertz CT molecular complexity index is 1750. The highest BCUT2D eigenvalue weighted by Gasteiger charge is 2.36. The van der Waals surface area contributed by atoms with Crippen LogP contribution in [0.5, 0.6) is 5.75 Å². The minimum atomic E-state index is -1.37. The molecule has 0 spiro atoms. The van der Waals surface area contributed by atoms with E-state index in [1.54, 1.807) is 33.7 Å². The molecule has 1 N–H and O–H groups in total. The molecule has 3 aliphatic rings. The molecule has 208 valence electrons. The maximum Gasteiger partial charge on any atom is 0.341 e. The number of hydrogen-bond donors (Lipinski definition) is 1. The number of aromatic carboxylic acids is 1. The number of amides is 2. The molecule has 0 unspecified atom stereocenters. The number of pyridine rings is 1. The second-order valence-electron chi connectivity index (χ2n) is 10.3. The van der Waals surface area contributed by atoms with Gasteiger partial charge >= 0.3 is 5.97 Å². The average Bonchev–Trinajstić information content (AvgIpc) is 3.79. The van der Waals surface area contributed by atoms with Gasteiger partial charge in [0.25, 0.3) is 11.8 Å².